The van der Waals surface area contributed by atoms with Gasteiger partial charge in [-0.05, 0) is 24.4 Å². The van der Waals surface area contributed by atoms with Crippen LogP contribution in [0.2, 0.25) is 0 Å². The summed E-state index contributed by atoms with van der Waals surface area (Å²) in [6.07, 6.45) is 2.46. The second-order valence-corrected chi connectivity index (χ2v) is 1.89. The van der Waals surface area contributed by atoms with Crippen LogP contribution in [-0.2, 0) is 4.74 Å². The summed E-state index contributed by atoms with van der Waals surface area (Å²) >= 11 is 1.07. The van der Waals surface area contributed by atoms with E-state index in [0.29, 0.717) is 0 Å². The molecule has 0 spiro atoms. The van der Waals surface area contributed by atoms with Crippen LogP contribution in [0.3, 0.4) is 0 Å². The number of thioether (sulfide) groups is 1. The molecular weight excluding hydrogens is 124 g/mol. The minimum atomic E-state index is -0.244. The molecule has 0 aromatic carbocycles. The number of ether oxygens (including phenoxy) is 1. The molecule has 0 saturated carbocycles. The highest BCUT2D eigenvalue weighted by molar-refractivity contribution is 8.12. The summed E-state index contributed by atoms with van der Waals surface area (Å²) in [5, 5.41) is -0.244. The minimum absolute atomic E-state index is 0.244. The summed E-state index contributed by atoms with van der Waals surface area (Å²) in [6, 6.07) is 0. The van der Waals surface area contributed by atoms with Gasteiger partial charge in [-0.1, -0.05) is 6.92 Å². The molecule has 2 nitrogen and oxygen atoms in total. The minimum Gasteiger partial charge on any atom is -0.450 e. The van der Waals surface area contributed by atoms with Crippen LogP contribution >= 0.6 is 11.8 Å². The van der Waals surface area contributed by atoms with E-state index in [-0.39, 0.29) is 5.30 Å². The molecule has 0 aromatic rings. The van der Waals surface area contributed by atoms with Crippen LogP contribution in [-0.4, -0.2) is 11.6 Å². The van der Waals surface area contributed by atoms with Gasteiger partial charge in [0.05, 0.1) is 0 Å². The number of rotatable bonds is 2. The Balaban J connectivity index is 2.99. The zero-order valence-corrected chi connectivity index (χ0v) is 5.83. The molecule has 0 N–H and O–H groups in total. The zero-order chi connectivity index (χ0) is 6.41. The molecule has 0 fully saturated rings. The van der Waals surface area contributed by atoms with Crippen molar-refractivity contribution < 1.29 is 9.53 Å². The number of carbonyl (C=O) groups is 1. The van der Waals surface area contributed by atoms with Gasteiger partial charge in [0, 0.05) is 0 Å². The van der Waals surface area contributed by atoms with E-state index in [1.54, 1.807) is 6.26 Å². The second-order valence-electron chi connectivity index (χ2n) is 1.15. The SMILES string of the molecule is CC[CH]OC(=O)SC. The Morgan fingerprint density at radius 1 is 1.88 bits per heavy atom. The second kappa shape index (κ2) is 4.97. The molecule has 0 heterocycles. The summed E-state index contributed by atoms with van der Waals surface area (Å²) < 4.78 is 4.54. The first-order valence-corrected chi connectivity index (χ1v) is 3.60. The number of hydrogen-bond donors (Lipinski definition) is 0. The highest BCUT2D eigenvalue weighted by atomic mass is 32.2. The molecule has 0 aromatic heterocycles. The van der Waals surface area contributed by atoms with E-state index in [9.17, 15) is 4.79 Å². The largest absolute Gasteiger partial charge is 0.450 e. The third-order valence-electron chi connectivity index (χ3n) is 0.513. The molecule has 0 atom stereocenters. The van der Waals surface area contributed by atoms with Gasteiger partial charge in [-0.25, -0.2) is 4.79 Å². The lowest BCUT2D eigenvalue weighted by atomic mass is 10.5. The van der Waals surface area contributed by atoms with Crippen LogP contribution in [0.25, 0.3) is 0 Å². The van der Waals surface area contributed by atoms with Crippen LogP contribution in [0.4, 0.5) is 4.79 Å². The van der Waals surface area contributed by atoms with Gasteiger partial charge in [-0.3, -0.25) is 0 Å². The van der Waals surface area contributed by atoms with Crippen LogP contribution in [0.1, 0.15) is 13.3 Å². The molecule has 0 aliphatic heterocycles. The standard InChI is InChI=1S/C5H9O2S/c1-3-4-7-5(6)8-2/h4H,3H2,1-2H3. The molecule has 47 valence electrons. The molecule has 0 saturated heterocycles. The summed E-state index contributed by atoms with van der Waals surface area (Å²) in [7, 11) is 0. The van der Waals surface area contributed by atoms with E-state index in [0.717, 1.165) is 18.2 Å². The van der Waals surface area contributed by atoms with Crippen LogP contribution in [0.5, 0.6) is 0 Å². The maximum absolute atomic E-state index is 10.3. The van der Waals surface area contributed by atoms with Crippen molar-refractivity contribution in [3.05, 3.63) is 6.61 Å². The Kier molecular flexibility index (Phi) is 4.85. The van der Waals surface area contributed by atoms with Crippen LogP contribution < -0.4 is 0 Å². The highest BCUT2D eigenvalue weighted by Gasteiger charge is 1.95. The summed E-state index contributed by atoms with van der Waals surface area (Å²) in [5.74, 6) is 0. The Morgan fingerprint density at radius 3 is 2.88 bits per heavy atom. The Hall–Kier alpha value is -0.180. The Morgan fingerprint density at radius 2 is 2.50 bits per heavy atom. The average Bonchev–Trinajstić information content (AvgIpc) is 1.83. The highest BCUT2D eigenvalue weighted by Crippen LogP contribution is 2.00. The van der Waals surface area contributed by atoms with E-state index >= 15 is 0 Å². The molecule has 0 bridgehead atoms. The van der Waals surface area contributed by atoms with Crippen molar-refractivity contribution >= 4 is 17.1 Å². The van der Waals surface area contributed by atoms with E-state index in [2.05, 4.69) is 4.74 Å². The van der Waals surface area contributed by atoms with Crippen molar-refractivity contribution in [3.63, 3.8) is 0 Å². The van der Waals surface area contributed by atoms with E-state index in [1.165, 1.54) is 6.61 Å². The van der Waals surface area contributed by atoms with Gasteiger partial charge < -0.3 is 4.74 Å². The molecule has 8 heavy (non-hydrogen) atoms. The van der Waals surface area contributed by atoms with Gasteiger partial charge in [0.2, 0.25) is 0 Å². The summed E-state index contributed by atoms with van der Waals surface area (Å²) in [5.41, 5.74) is 0. The van der Waals surface area contributed by atoms with Crippen molar-refractivity contribution in [2.75, 3.05) is 6.26 Å². The van der Waals surface area contributed by atoms with Crippen molar-refractivity contribution in [2.45, 2.75) is 13.3 Å². The lowest BCUT2D eigenvalue weighted by Gasteiger charge is -1.95. The van der Waals surface area contributed by atoms with E-state index in [1.807, 2.05) is 6.92 Å². The van der Waals surface area contributed by atoms with Crippen LogP contribution in [0.15, 0.2) is 0 Å². The van der Waals surface area contributed by atoms with E-state index < -0.39 is 0 Å². The maximum atomic E-state index is 10.3. The van der Waals surface area contributed by atoms with E-state index in [4.69, 9.17) is 0 Å². The molecular formula is C5H9O2S. The molecule has 0 rings (SSSR count). The number of carbonyl (C=O) groups excluding carboxylic acids is 1. The molecule has 0 aliphatic carbocycles. The topological polar surface area (TPSA) is 26.3 Å². The predicted molar refractivity (Wildman–Crippen MR) is 34.6 cm³/mol. The molecule has 3 heteroatoms. The summed E-state index contributed by atoms with van der Waals surface area (Å²) in [4.78, 5) is 10.3. The molecule has 0 unspecified atom stereocenters. The maximum Gasteiger partial charge on any atom is 0.367 e. The normalized spacial score (nSPS) is 8.75. The third-order valence-corrected chi connectivity index (χ3v) is 0.942. The molecule has 0 aliphatic rings. The molecule has 0 amide bonds. The average molecular weight is 133 g/mol. The summed E-state index contributed by atoms with van der Waals surface area (Å²) in [6.45, 7) is 3.40. The Bertz CT molecular complexity index is 72.8. The number of hydrogen-bond acceptors (Lipinski definition) is 3. The van der Waals surface area contributed by atoms with Crippen molar-refractivity contribution in [1.82, 2.24) is 0 Å². The zero-order valence-electron chi connectivity index (χ0n) is 5.01. The predicted octanol–water partition coefficient (Wildman–Crippen LogP) is 2.06. The van der Waals surface area contributed by atoms with Gasteiger partial charge >= 0.3 is 5.30 Å². The van der Waals surface area contributed by atoms with Crippen molar-refractivity contribution in [2.24, 2.45) is 0 Å². The van der Waals surface area contributed by atoms with Crippen LogP contribution in [0, 0.1) is 6.61 Å². The van der Waals surface area contributed by atoms with Gasteiger partial charge in [-0.2, -0.15) is 0 Å². The lowest BCUT2D eigenvalue weighted by molar-refractivity contribution is 0.199. The van der Waals surface area contributed by atoms with Gasteiger partial charge in [0.1, 0.15) is 6.61 Å². The fourth-order valence-corrected chi connectivity index (χ4v) is 0.364. The quantitative estimate of drug-likeness (QED) is 0.539. The van der Waals surface area contributed by atoms with Gasteiger partial charge in [0.25, 0.3) is 0 Å². The third kappa shape index (κ3) is 3.99. The van der Waals surface area contributed by atoms with Gasteiger partial charge in [0.15, 0.2) is 0 Å². The first-order valence-electron chi connectivity index (χ1n) is 2.37. The fraction of sp³-hybridized carbons (Fsp3) is 0.600. The molecule has 1 radical (unpaired) electrons. The van der Waals surface area contributed by atoms with Crippen molar-refractivity contribution in [3.8, 4) is 0 Å². The van der Waals surface area contributed by atoms with Gasteiger partial charge in [-0.15, -0.1) is 0 Å². The first-order chi connectivity index (χ1) is 3.81. The van der Waals surface area contributed by atoms with Crippen molar-refractivity contribution in [1.29, 1.82) is 0 Å². The fourth-order valence-electron chi connectivity index (χ4n) is 0.199. The first kappa shape index (κ1) is 7.82. The Labute approximate surface area is 53.6 Å². The smallest absolute Gasteiger partial charge is 0.367 e. The lowest BCUT2D eigenvalue weighted by Crippen LogP contribution is -1.91. The monoisotopic (exact) mass is 133 g/mol.